The Hall–Kier alpha value is -3.65. The molecule has 5 aromatic rings. The van der Waals surface area contributed by atoms with Gasteiger partial charge in [-0.15, -0.1) is 5.10 Å². The molecule has 0 aliphatic carbocycles. The van der Waals surface area contributed by atoms with Crippen LogP contribution in [0.2, 0.25) is 0 Å². The largest absolute Gasteiger partial charge is 0.457 e. The smallest absolute Gasteiger partial charge is 0.266 e. The highest BCUT2D eigenvalue weighted by molar-refractivity contribution is 7.98. The molecule has 0 N–H and O–H groups in total. The summed E-state index contributed by atoms with van der Waals surface area (Å²) < 4.78 is 8.99. The van der Waals surface area contributed by atoms with Crippen LogP contribution >= 0.6 is 11.8 Å². The highest BCUT2D eigenvalue weighted by Crippen LogP contribution is 2.22. The van der Waals surface area contributed by atoms with E-state index in [1.165, 1.54) is 11.8 Å². The van der Waals surface area contributed by atoms with E-state index in [0.717, 1.165) is 11.4 Å². The van der Waals surface area contributed by atoms with Gasteiger partial charge in [0.25, 0.3) is 11.3 Å². The van der Waals surface area contributed by atoms with Gasteiger partial charge in [-0.3, -0.25) is 9.36 Å². The molecule has 7 nitrogen and oxygen atoms in total. The fraction of sp³-hybridized carbons (Fsp3) is 0.0476. The molecular formula is C21H15N5O2S. The number of rotatable bonds is 4. The van der Waals surface area contributed by atoms with Crippen LogP contribution in [0.3, 0.4) is 0 Å². The molecule has 0 unspecified atom stereocenters. The first kappa shape index (κ1) is 17.4. The van der Waals surface area contributed by atoms with Crippen molar-refractivity contribution in [1.82, 2.24) is 24.1 Å². The summed E-state index contributed by atoms with van der Waals surface area (Å²) in [6, 6.07) is 18.8. The van der Waals surface area contributed by atoms with Gasteiger partial charge in [-0.05, 0) is 48.7 Å². The molecule has 0 bridgehead atoms. The third-order valence-electron chi connectivity index (χ3n) is 4.49. The zero-order chi connectivity index (χ0) is 19.8. The predicted octanol–water partition coefficient (Wildman–Crippen LogP) is 3.94. The first-order valence-corrected chi connectivity index (χ1v) is 10.1. The second-order valence-corrected chi connectivity index (χ2v) is 7.04. The lowest BCUT2D eigenvalue weighted by Gasteiger charge is -2.09. The summed E-state index contributed by atoms with van der Waals surface area (Å²) in [5.41, 5.74) is 1.24. The fourth-order valence-electron chi connectivity index (χ4n) is 3.09. The molecule has 2 aromatic carbocycles. The van der Waals surface area contributed by atoms with E-state index >= 15 is 0 Å². The minimum atomic E-state index is -0.171. The molecule has 8 heteroatoms. The maximum atomic E-state index is 13.0. The number of hydrogen-bond acceptors (Lipinski definition) is 6. The average Bonchev–Trinajstić information content (AvgIpc) is 3.19. The van der Waals surface area contributed by atoms with Crippen LogP contribution in [0.25, 0.3) is 22.4 Å². The van der Waals surface area contributed by atoms with Gasteiger partial charge in [0.05, 0.1) is 10.9 Å². The Kier molecular flexibility index (Phi) is 4.25. The molecule has 0 atom stereocenters. The van der Waals surface area contributed by atoms with Gasteiger partial charge in [0, 0.05) is 18.1 Å². The first-order valence-electron chi connectivity index (χ1n) is 8.87. The van der Waals surface area contributed by atoms with Crippen molar-refractivity contribution in [1.29, 1.82) is 0 Å². The van der Waals surface area contributed by atoms with E-state index in [2.05, 4.69) is 15.1 Å². The Morgan fingerprint density at radius 2 is 1.72 bits per heavy atom. The van der Waals surface area contributed by atoms with E-state index in [-0.39, 0.29) is 5.56 Å². The summed E-state index contributed by atoms with van der Waals surface area (Å²) in [5.74, 6) is 1.93. The van der Waals surface area contributed by atoms with Gasteiger partial charge in [0.15, 0.2) is 0 Å². The van der Waals surface area contributed by atoms with E-state index in [1.54, 1.807) is 21.5 Å². The highest BCUT2D eigenvalue weighted by atomic mass is 32.2. The van der Waals surface area contributed by atoms with Gasteiger partial charge in [-0.1, -0.05) is 30.0 Å². The summed E-state index contributed by atoms with van der Waals surface area (Å²) in [6.45, 7) is 0. The molecule has 0 saturated carbocycles. The summed E-state index contributed by atoms with van der Waals surface area (Å²) in [4.78, 5) is 21.6. The lowest BCUT2D eigenvalue weighted by molar-refractivity contribution is 0.482. The Bertz CT molecular complexity index is 1380. The monoisotopic (exact) mass is 401 g/mol. The lowest BCUT2D eigenvalue weighted by Crippen LogP contribution is -2.18. The number of hydrogen-bond donors (Lipinski definition) is 0. The van der Waals surface area contributed by atoms with Crippen molar-refractivity contribution in [3.05, 3.63) is 83.4 Å². The van der Waals surface area contributed by atoms with Crippen molar-refractivity contribution < 1.29 is 4.74 Å². The van der Waals surface area contributed by atoms with E-state index in [9.17, 15) is 4.79 Å². The Morgan fingerprint density at radius 1 is 0.966 bits per heavy atom. The second kappa shape index (κ2) is 7.06. The molecule has 3 heterocycles. The van der Waals surface area contributed by atoms with Crippen LogP contribution in [0.5, 0.6) is 11.5 Å². The molecule has 5 rings (SSSR count). The topological polar surface area (TPSA) is 74.3 Å². The molecule has 29 heavy (non-hydrogen) atoms. The van der Waals surface area contributed by atoms with Crippen molar-refractivity contribution in [2.45, 2.75) is 5.16 Å². The molecule has 0 radical (unpaired) electrons. The van der Waals surface area contributed by atoms with Gasteiger partial charge < -0.3 is 4.74 Å². The van der Waals surface area contributed by atoms with Gasteiger partial charge in [0.1, 0.15) is 11.5 Å². The van der Waals surface area contributed by atoms with Crippen LogP contribution in [-0.2, 0) is 0 Å². The number of pyridine rings is 1. The zero-order valence-electron chi connectivity index (χ0n) is 15.4. The quantitative estimate of drug-likeness (QED) is 0.425. The summed E-state index contributed by atoms with van der Waals surface area (Å²) >= 11 is 1.43. The van der Waals surface area contributed by atoms with Gasteiger partial charge >= 0.3 is 0 Å². The average molecular weight is 401 g/mol. The fourth-order valence-corrected chi connectivity index (χ4v) is 3.43. The number of thioether (sulfide) groups is 1. The summed E-state index contributed by atoms with van der Waals surface area (Å²) in [5, 5.41) is 5.48. The SMILES string of the molecule is CSc1nc2ncc3c(=O)n(-c4ccc(Oc5ccccc5)cc4)ccc3n2n1. The van der Waals surface area contributed by atoms with Crippen LogP contribution in [-0.4, -0.2) is 30.4 Å². The number of ether oxygens (including phenoxy) is 1. The molecule has 0 aliphatic heterocycles. The Labute approximate surface area is 169 Å². The Balaban J connectivity index is 1.54. The highest BCUT2D eigenvalue weighted by Gasteiger charge is 2.12. The van der Waals surface area contributed by atoms with Crippen LogP contribution < -0.4 is 10.3 Å². The van der Waals surface area contributed by atoms with E-state index in [0.29, 0.717) is 27.6 Å². The number of para-hydroxylation sites is 1. The molecular weight excluding hydrogens is 386 g/mol. The molecule has 142 valence electrons. The number of fused-ring (bicyclic) bond motifs is 3. The predicted molar refractivity (Wildman–Crippen MR) is 112 cm³/mol. The van der Waals surface area contributed by atoms with Gasteiger partial charge in [0.2, 0.25) is 5.16 Å². The van der Waals surface area contributed by atoms with Crippen molar-refractivity contribution in [2.75, 3.05) is 6.26 Å². The van der Waals surface area contributed by atoms with Crippen LogP contribution in [0, 0.1) is 0 Å². The molecule has 3 aromatic heterocycles. The molecule has 0 amide bonds. The number of nitrogens with zero attached hydrogens (tertiary/aromatic N) is 5. The molecule has 0 aliphatic rings. The lowest BCUT2D eigenvalue weighted by atomic mass is 10.2. The minimum Gasteiger partial charge on any atom is -0.457 e. The van der Waals surface area contributed by atoms with Crippen LogP contribution in [0.4, 0.5) is 0 Å². The maximum Gasteiger partial charge on any atom is 0.266 e. The van der Waals surface area contributed by atoms with Crippen molar-refractivity contribution >= 4 is 28.4 Å². The summed E-state index contributed by atoms with van der Waals surface area (Å²) in [7, 11) is 0. The van der Waals surface area contributed by atoms with Crippen LogP contribution in [0.1, 0.15) is 0 Å². The van der Waals surface area contributed by atoms with Crippen molar-refractivity contribution in [3.8, 4) is 17.2 Å². The maximum absolute atomic E-state index is 13.0. The van der Waals surface area contributed by atoms with E-state index in [4.69, 9.17) is 4.74 Å². The summed E-state index contributed by atoms with van der Waals surface area (Å²) in [6.07, 6.45) is 5.18. The van der Waals surface area contributed by atoms with Gasteiger partial charge in [-0.25, -0.2) is 4.98 Å². The first-order chi connectivity index (χ1) is 14.2. The number of benzene rings is 2. The Morgan fingerprint density at radius 3 is 2.48 bits per heavy atom. The van der Waals surface area contributed by atoms with E-state index in [1.807, 2.05) is 66.9 Å². The standard InChI is InChI=1S/C21H15N5O2S/c1-29-21-23-20-22-13-17-18(26(20)24-21)11-12-25(19(17)27)14-7-9-16(10-8-14)28-15-5-3-2-4-6-15/h2-13H,1H3. The van der Waals surface area contributed by atoms with Crippen molar-refractivity contribution in [3.63, 3.8) is 0 Å². The molecule has 0 fully saturated rings. The van der Waals surface area contributed by atoms with Crippen molar-refractivity contribution in [2.24, 2.45) is 0 Å². The van der Waals surface area contributed by atoms with E-state index < -0.39 is 0 Å². The third-order valence-corrected chi connectivity index (χ3v) is 5.03. The zero-order valence-corrected chi connectivity index (χ0v) is 16.2. The van der Waals surface area contributed by atoms with Gasteiger partial charge in [-0.2, -0.15) is 9.50 Å². The second-order valence-electron chi connectivity index (χ2n) is 6.27. The molecule has 0 saturated heterocycles. The number of aromatic nitrogens is 5. The third kappa shape index (κ3) is 3.13. The molecule has 0 spiro atoms. The minimum absolute atomic E-state index is 0.171. The van der Waals surface area contributed by atoms with Crippen LogP contribution in [0.15, 0.2) is 83.0 Å². The normalized spacial score (nSPS) is 11.2.